The quantitative estimate of drug-likeness (QED) is 0.661. The third kappa shape index (κ3) is 1.88. The van der Waals surface area contributed by atoms with Gasteiger partial charge in [0, 0.05) is 12.2 Å². The van der Waals surface area contributed by atoms with Crippen molar-refractivity contribution in [3.63, 3.8) is 0 Å². The summed E-state index contributed by atoms with van der Waals surface area (Å²) in [6.07, 6.45) is 1.38. The molecule has 0 radical (unpaired) electrons. The molecule has 1 heterocycles. The van der Waals surface area contributed by atoms with Crippen LogP contribution in [-0.4, -0.2) is 4.98 Å². The summed E-state index contributed by atoms with van der Waals surface area (Å²) in [5.41, 5.74) is 6.24. The number of nitrogens with zero attached hydrogens (tertiary/aromatic N) is 1. The maximum atomic E-state index is 12.5. The van der Waals surface area contributed by atoms with E-state index in [0.717, 1.165) is 5.56 Å². The Labute approximate surface area is 69.2 Å². The van der Waals surface area contributed by atoms with Crippen LogP contribution in [0.25, 0.3) is 0 Å². The minimum Gasteiger partial charge on any atom is -0.324 e. The standard InChI is InChI=1S/C7H8ClFN2/c1-4(10)5-2-6(8)7(9)11-3-5/h2-4H,10H2,1H3/t4-/m0/s1. The first-order valence-corrected chi connectivity index (χ1v) is 3.55. The van der Waals surface area contributed by atoms with Gasteiger partial charge in [0.05, 0.1) is 5.02 Å². The first kappa shape index (κ1) is 8.43. The van der Waals surface area contributed by atoms with Gasteiger partial charge in [-0.2, -0.15) is 4.39 Å². The van der Waals surface area contributed by atoms with E-state index >= 15 is 0 Å². The van der Waals surface area contributed by atoms with Crippen molar-refractivity contribution < 1.29 is 4.39 Å². The van der Waals surface area contributed by atoms with E-state index in [0.29, 0.717) is 0 Å². The highest BCUT2D eigenvalue weighted by Gasteiger charge is 2.04. The molecular formula is C7H8ClFN2. The second-order valence-electron chi connectivity index (χ2n) is 2.33. The summed E-state index contributed by atoms with van der Waals surface area (Å²) in [5.74, 6) is -0.656. The molecule has 4 heteroatoms. The van der Waals surface area contributed by atoms with E-state index in [1.807, 2.05) is 0 Å². The van der Waals surface area contributed by atoms with Crippen molar-refractivity contribution in [2.45, 2.75) is 13.0 Å². The van der Waals surface area contributed by atoms with Crippen LogP contribution < -0.4 is 5.73 Å². The highest BCUT2D eigenvalue weighted by Crippen LogP contribution is 2.16. The molecule has 11 heavy (non-hydrogen) atoms. The van der Waals surface area contributed by atoms with Gasteiger partial charge in [-0.15, -0.1) is 0 Å². The maximum Gasteiger partial charge on any atom is 0.231 e. The molecule has 0 amide bonds. The van der Waals surface area contributed by atoms with Crippen LogP contribution in [0, 0.1) is 5.95 Å². The van der Waals surface area contributed by atoms with Gasteiger partial charge < -0.3 is 5.73 Å². The van der Waals surface area contributed by atoms with Gasteiger partial charge in [0.1, 0.15) is 0 Å². The minimum absolute atomic E-state index is 0.0137. The lowest BCUT2D eigenvalue weighted by molar-refractivity contribution is 0.581. The van der Waals surface area contributed by atoms with Crippen molar-refractivity contribution in [1.29, 1.82) is 0 Å². The van der Waals surface area contributed by atoms with Gasteiger partial charge in [-0.25, -0.2) is 4.98 Å². The first-order valence-electron chi connectivity index (χ1n) is 3.18. The minimum atomic E-state index is -0.656. The van der Waals surface area contributed by atoms with Crippen molar-refractivity contribution in [2.75, 3.05) is 0 Å². The van der Waals surface area contributed by atoms with Gasteiger partial charge in [0.15, 0.2) is 0 Å². The average Bonchev–Trinajstić information content (AvgIpc) is 1.94. The lowest BCUT2D eigenvalue weighted by atomic mass is 10.2. The van der Waals surface area contributed by atoms with E-state index in [4.69, 9.17) is 17.3 Å². The third-order valence-corrected chi connectivity index (χ3v) is 1.61. The van der Waals surface area contributed by atoms with Crippen LogP contribution >= 0.6 is 11.6 Å². The highest BCUT2D eigenvalue weighted by atomic mass is 35.5. The SMILES string of the molecule is C[C@H](N)c1cnc(F)c(Cl)c1. The number of aromatic nitrogens is 1. The number of pyridine rings is 1. The molecule has 0 bridgehead atoms. The summed E-state index contributed by atoms with van der Waals surface area (Å²) in [5, 5.41) is 0.0137. The fourth-order valence-electron chi connectivity index (χ4n) is 0.685. The fraction of sp³-hybridized carbons (Fsp3) is 0.286. The van der Waals surface area contributed by atoms with Crippen LogP contribution in [0.3, 0.4) is 0 Å². The summed E-state index contributed by atoms with van der Waals surface area (Å²) in [6.45, 7) is 1.78. The van der Waals surface area contributed by atoms with Gasteiger partial charge in [0.25, 0.3) is 0 Å². The zero-order chi connectivity index (χ0) is 8.43. The van der Waals surface area contributed by atoms with E-state index in [-0.39, 0.29) is 11.1 Å². The average molecular weight is 175 g/mol. The van der Waals surface area contributed by atoms with Crippen LogP contribution in [-0.2, 0) is 0 Å². The number of hydrogen-bond donors (Lipinski definition) is 1. The summed E-state index contributed by atoms with van der Waals surface area (Å²) in [4.78, 5) is 3.42. The normalized spacial score (nSPS) is 13.1. The molecule has 0 unspecified atom stereocenters. The molecule has 0 saturated carbocycles. The molecule has 0 aliphatic heterocycles. The molecule has 0 aromatic carbocycles. The predicted molar refractivity (Wildman–Crippen MR) is 41.8 cm³/mol. The largest absolute Gasteiger partial charge is 0.324 e. The van der Waals surface area contributed by atoms with E-state index in [9.17, 15) is 4.39 Å². The zero-order valence-electron chi connectivity index (χ0n) is 6.01. The van der Waals surface area contributed by atoms with E-state index in [1.165, 1.54) is 12.3 Å². The van der Waals surface area contributed by atoms with E-state index in [1.54, 1.807) is 6.92 Å². The van der Waals surface area contributed by atoms with Crippen LogP contribution in [0.1, 0.15) is 18.5 Å². The molecule has 0 aliphatic carbocycles. The number of nitrogens with two attached hydrogens (primary N) is 1. The van der Waals surface area contributed by atoms with Crippen LogP contribution in [0.4, 0.5) is 4.39 Å². The lowest BCUT2D eigenvalue weighted by Crippen LogP contribution is -2.05. The maximum absolute atomic E-state index is 12.5. The molecule has 0 spiro atoms. The molecule has 2 nitrogen and oxygen atoms in total. The summed E-state index contributed by atoms with van der Waals surface area (Å²) in [7, 11) is 0. The Morgan fingerprint density at radius 3 is 2.82 bits per heavy atom. The molecule has 60 valence electrons. The molecule has 0 saturated heterocycles. The van der Waals surface area contributed by atoms with E-state index < -0.39 is 5.95 Å². The second kappa shape index (κ2) is 3.15. The fourth-order valence-corrected chi connectivity index (χ4v) is 0.860. The van der Waals surface area contributed by atoms with Crippen molar-refractivity contribution in [3.8, 4) is 0 Å². The van der Waals surface area contributed by atoms with E-state index in [2.05, 4.69) is 4.98 Å². The topological polar surface area (TPSA) is 38.9 Å². The second-order valence-corrected chi connectivity index (χ2v) is 2.74. The Balaban J connectivity index is 3.05. The zero-order valence-corrected chi connectivity index (χ0v) is 6.77. The monoisotopic (exact) mass is 174 g/mol. The Bertz CT molecular complexity index is 263. The Kier molecular flexibility index (Phi) is 2.42. The Morgan fingerprint density at radius 1 is 1.73 bits per heavy atom. The van der Waals surface area contributed by atoms with Gasteiger partial charge in [0.2, 0.25) is 5.95 Å². The van der Waals surface area contributed by atoms with Crippen molar-refractivity contribution >= 4 is 11.6 Å². The lowest BCUT2D eigenvalue weighted by Gasteiger charge is -2.04. The first-order chi connectivity index (χ1) is 5.11. The third-order valence-electron chi connectivity index (χ3n) is 1.34. The number of hydrogen-bond acceptors (Lipinski definition) is 2. The van der Waals surface area contributed by atoms with Gasteiger partial charge >= 0.3 is 0 Å². The van der Waals surface area contributed by atoms with Crippen LogP contribution in [0.5, 0.6) is 0 Å². The van der Waals surface area contributed by atoms with Crippen molar-refractivity contribution in [3.05, 3.63) is 28.8 Å². The van der Waals surface area contributed by atoms with Crippen LogP contribution in [0.15, 0.2) is 12.3 Å². The molecule has 1 rings (SSSR count). The molecule has 0 aliphatic rings. The molecular weight excluding hydrogens is 167 g/mol. The van der Waals surface area contributed by atoms with Gasteiger partial charge in [-0.05, 0) is 18.6 Å². The summed E-state index contributed by atoms with van der Waals surface area (Å²) < 4.78 is 12.5. The van der Waals surface area contributed by atoms with Gasteiger partial charge in [-0.1, -0.05) is 11.6 Å². The predicted octanol–water partition coefficient (Wildman–Crippen LogP) is 1.89. The highest BCUT2D eigenvalue weighted by molar-refractivity contribution is 6.30. The summed E-state index contributed by atoms with van der Waals surface area (Å²) >= 11 is 5.46. The Morgan fingerprint density at radius 2 is 2.36 bits per heavy atom. The molecule has 1 aromatic rings. The molecule has 2 N–H and O–H groups in total. The van der Waals surface area contributed by atoms with Crippen molar-refractivity contribution in [2.24, 2.45) is 5.73 Å². The number of halogens is 2. The van der Waals surface area contributed by atoms with Crippen LogP contribution in [0.2, 0.25) is 5.02 Å². The molecule has 0 fully saturated rings. The van der Waals surface area contributed by atoms with Gasteiger partial charge in [-0.3, -0.25) is 0 Å². The van der Waals surface area contributed by atoms with Crippen molar-refractivity contribution in [1.82, 2.24) is 4.98 Å². The molecule has 1 atom stereocenters. The summed E-state index contributed by atoms with van der Waals surface area (Å²) in [6, 6.07) is 1.31. The smallest absolute Gasteiger partial charge is 0.231 e. The number of rotatable bonds is 1. The molecule has 1 aromatic heterocycles. The Hall–Kier alpha value is -0.670.